The number of hydrogen-bond donors (Lipinski definition) is 1. The Labute approximate surface area is 85.2 Å². The third-order valence-electron chi connectivity index (χ3n) is 1.76. The Morgan fingerprint density at radius 2 is 2.40 bits per heavy atom. The van der Waals surface area contributed by atoms with E-state index in [0.717, 1.165) is 0 Å². The van der Waals surface area contributed by atoms with Crippen molar-refractivity contribution in [1.29, 1.82) is 0 Å². The molecule has 0 fully saturated rings. The van der Waals surface area contributed by atoms with Gasteiger partial charge in [0.15, 0.2) is 11.6 Å². The van der Waals surface area contributed by atoms with Gasteiger partial charge >= 0.3 is 0 Å². The first kappa shape index (κ1) is 9.25. The summed E-state index contributed by atoms with van der Waals surface area (Å²) in [7, 11) is 1.76. The summed E-state index contributed by atoms with van der Waals surface area (Å²) in [5, 5.41) is 14.0. The SMILES string of the molecule is Cn1cnc(-c2ccnnc2NC=O)n1. The fourth-order valence-electron chi connectivity index (χ4n) is 1.14. The summed E-state index contributed by atoms with van der Waals surface area (Å²) in [4.78, 5) is 14.4. The minimum atomic E-state index is 0.346. The summed E-state index contributed by atoms with van der Waals surface area (Å²) in [5.41, 5.74) is 0.637. The zero-order chi connectivity index (χ0) is 10.7. The van der Waals surface area contributed by atoms with Gasteiger partial charge in [-0.25, -0.2) is 4.98 Å². The molecule has 2 heterocycles. The molecule has 0 aliphatic heterocycles. The summed E-state index contributed by atoms with van der Waals surface area (Å²) in [5.74, 6) is 0.843. The van der Waals surface area contributed by atoms with Gasteiger partial charge in [-0.2, -0.15) is 10.2 Å². The minimum Gasteiger partial charge on any atom is -0.311 e. The lowest BCUT2D eigenvalue weighted by Crippen LogP contribution is -2.01. The number of anilines is 1. The number of aryl methyl sites for hydroxylation is 1. The van der Waals surface area contributed by atoms with Gasteiger partial charge < -0.3 is 5.32 Å². The van der Waals surface area contributed by atoms with Gasteiger partial charge in [0.2, 0.25) is 6.41 Å². The predicted octanol–water partition coefficient (Wildman–Crippen LogP) is -0.160. The maximum atomic E-state index is 10.3. The lowest BCUT2D eigenvalue weighted by atomic mass is 10.2. The Kier molecular flexibility index (Phi) is 2.36. The molecule has 0 saturated carbocycles. The second kappa shape index (κ2) is 3.82. The van der Waals surface area contributed by atoms with Crippen LogP contribution in [-0.2, 0) is 11.8 Å². The van der Waals surface area contributed by atoms with E-state index in [1.807, 2.05) is 0 Å². The van der Waals surface area contributed by atoms with Crippen LogP contribution in [0.25, 0.3) is 11.4 Å². The van der Waals surface area contributed by atoms with Crippen molar-refractivity contribution in [2.75, 3.05) is 5.32 Å². The van der Waals surface area contributed by atoms with E-state index in [-0.39, 0.29) is 0 Å². The largest absolute Gasteiger partial charge is 0.311 e. The minimum absolute atomic E-state index is 0.346. The van der Waals surface area contributed by atoms with Gasteiger partial charge in [0, 0.05) is 7.05 Å². The van der Waals surface area contributed by atoms with E-state index in [9.17, 15) is 4.79 Å². The number of rotatable bonds is 3. The van der Waals surface area contributed by atoms with Crippen LogP contribution >= 0.6 is 0 Å². The molecule has 15 heavy (non-hydrogen) atoms. The monoisotopic (exact) mass is 204 g/mol. The van der Waals surface area contributed by atoms with E-state index < -0.39 is 0 Å². The van der Waals surface area contributed by atoms with Crippen molar-refractivity contribution in [3.05, 3.63) is 18.6 Å². The van der Waals surface area contributed by atoms with Gasteiger partial charge in [-0.15, -0.1) is 5.10 Å². The first-order chi connectivity index (χ1) is 7.31. The molecular weight excluding hydrogens is 196 g/mol. The van der Waals surface area contributed by atoms with Crippen molar-refractivity contribution in [1.82, 2.24) is 25.0 Å². The highest BCUT2D eigenvalue weighted by atomic mass is 16.1. The van der Waals surface area contributed by atoms with Crippen LogP contribution in [0, 0.1) is 0 Å². The van der Waals surface area contributed by atoms with Crippen LogP contribution in [0.3, 0.4) is 0 Å². The molecule has 7 heteroatoms. The Morgan fingerprint density at radius 3 is 3.07 bits per heavy atom. The van der Waals surface area contributed by atoms with Crippen LogP contribution in [0.2, 0.25) is 0 Å². The number of carbonyl (C=O) groups is 1. The van der Waals surface area contributed by atoms with Crippen molar-refractivity contribution in [2.24, 2.45) is 7.05 Å². The molecule has 0 unspecified atom stereocenters. The lowest BCUT2D eigenvalue weighted by Gasteiger charge is -2.00. The second-order valence-electron chi connectivity index (χ2n) is 2.80. The molecule has 0 spiro atoms. The highest BCUT2D eigenvalue weighted by Gasteiger charge is 2.09. The van der Waals surface area contributed by atoms with Gasteiger partial charge in [-0.3, -0.25) is 9.48 Å². The normalized spacial score (nSPS) is 9.93. The fourth-order valence-corrected chi connectivity index (χ4v) is 1.14. The van der Waals surface area contributed by atoms with Gasteiger partial charge in [0.25, 0.3) is 0 Å². The molecule has 2 aromatic rings. The standard InChI is InChI=1S/C8H8N6O/c1-14-4-9-8(13-14)6-2-3-11-12-7(6)10-5-15/h2-5H,1H3,(H,10,12,15). The van der Waals surface area contributed by atoms with Crippen LogP contribution in [0.5, 0.6) is 0 Å². The number of nitrogens with zero attached hydrogens (tertiary/aromatic N) is 5. The Bertz CT molecular complexity index is 479. The molecule has 0 atom stereocenters. The van der Waals surface area contributed by atoms with E-state index in [2.05, 4.69) is 25.6 Å². The van der Waals surface area contributed by atoms with Crippen molar-refractivity contribution in [2.45, 2.75) is 0 Å². The average molecular weight is 204 g/mol. The third kappa shape index (κ3) is 1.80. The molecular formula is C8H8N6O. The fraction of sp³-hybridized carbons (Fsp3) is 0.125. The Morgan fingerprint density at radius 1 is 1.53 bits per heavy atom. The number of aromatic nitrogens is 5. The smallest absolute Gasteiger partial charge is 0.212 e. The van der Waals surface area contributed by atoms with Gasteiger partial charge in [0.1, 0.15) is 6.33 Å². The quantitative estimate of drug-likeness (QED) is 0.702. The molecule has 2 aromatic heterocycles. The summed E-state index contributed by atoms with van der Waals surface area (Å²) in [6.07, 6.45) is 3.62. The molecule has 7 nitrogen and oxygen atoms in total. The van der Waals surface area contributed by atoms with Crippen LogP contribution in [0.15, 0.2) is 18.6 Å². The van der Waals surface area contributed by atoms with Crippen molar-refractivity contribution >= 4 is 12.2 Å². The zero-order valence-corrected chi connectivity index (χ0v) is 7.95. The van der Waals surface area contributed by atoms with Gasteiger partial charge in [-0.05, 0) is 6.07 Å². The second-order valence-corrected chi connectivity index (χ2v) is 2.80. The van der Waals surface area contributed by atoms with E-state index in [4.69, 9.17) is 0 Å². The van der Waals surface area contributed by atoms with Crippen molar-refractivity contribution in [3.8, 4) is 11.4 Å². The molecule has 0 aromatic carbocycles. The zero-order valence-electron chi connectivity index (χ0n) is 7.95. The summed E-state index contributed by atoms with van der Waals surface area (Å²) < 4.78 is 1.57. The third-order valence-corrected chi connectivity index (χ3v) is 1.76. The summed E-state index contributed by atoms with van der Waals surface area (Å²) in [6, 6.07) is 1.69. The van der Waals surface area contributed by atoms with Crippen LogP contribution in [0.4, 0.5) is 5.82 Å². The molecule has 1 amide bonds. The van der Waals surface area contributed by atoms with E-state index in [1.54, 1.807) is 24.1 Å². The summed E-state index contributed by atoms with van der Waals surface area (Å²) in [6.45, 7) is 0. The topological polar surface area (TPSA) is 85.6 Å². The van der Waals surface area contributed by atoms with Gasteiger partial charge in [-0.1, -0.05) is 0 Å². The molecule has 0 saturated heterocycles. The van der Waals surface area contributed by atoms with E-state index >= 15 is 0 Å². The van der Waals surface area contributed by atoms with Crippen LogP contribution in [-0.4, -0.2) is 31.4 Å². The van der Waals surface area contributed by atoms with Crippen molar-refractivity contribution < 1.29 is 4.79 Å². The highest BCUT2D eigenvalue weighted by Crippen LogP contribution is 2.20. The van der Waals surface area contributed by atoms with E-state index in [1.165, 1.54) is 6.20 Å². The molecule has 0 bridgehead atoms. The highest BCUT2D eigenvalue weighted by molar-refractivity contribution is 5.79. The van der Waals surface area contributed by atoms with Gasteiger partial charge in [0.05, 0.1) is 11.8 Å². The number of nitrogens with one attached hydrogen (secondary N) is 1. The summed E-state index contributed by atoms with van der Waals surface area (Å²) >= 11 is 0. The first-order valence-electron chi connectivity index (χ1n) is 4.19. The Balaban J connectivity index is 2.47. The molecule has 0 aliphatic rings. The van der Waals surface area contributed by atoms with Crippen LogP contribution < -0.4 is 5.32 Å². The number of carbonyl (C=O) groups excluding carboxylic acids is 1. The average Bonchev–Trinajstić information content (AvgIpc) is 2.66. The van der Waals surface area contributed by atoms with Crippen molar-refractivity contribution in [3.63, 3.8) is 0 Å². The predicted molar refractivity (Wildman–Crippen MR) is 51.7 cm³/mol. The molecule has 76 valence electrons. The molecule has 0 aliphatic carbocycles. The van der Waals surface area contributed by atoms with Crippen LogP contribution in [0.1, 0.15) is 0 Å². The van der Waals surface area contributed by atoms with E-state index in [0.29, 0.717) is 23.6 Å². The molecule has 1 N–H and O–H groups in total. The Hall–Kier alpha value is -2.31. The number of amides is 1. The lowest BCUT2D eigenvalue weighted by molar-refractivity contribution is -0.105. The molecule has 0 radical (unpaired) electrons. The first-order valence-corrected chi connectivity index (χ1v) is 4.19. The maximum Gasteiger partial charge on any atom is 0.212 e. The molecule has 2 rings (SSSR count). The number of hydrogen-bond acceptors (Lipinski definition) is 5. The maximum absolute atomic E-state index is 10.3.